The Morgan fingerprint density at radius 1 is 0.444 bits per heavy atom. The molecule has 0 aliphatic heterocycles. The van der Waals surface area contributed by atoms with Crippen LogP contribution < -0.4 is 0 Å². The van der Waals surface area contributed by atoms with Gasteiger partial charge in [0.25, 0.3) is 0 Å². The number of hydrogen-bond acceptors (Lipinski definition) is 4. The highest BCUT2D eigenvalue weighted by atomic mass is 16.3. The van der Waals surface area contributed by atoms with E-state index in [1.165, 1.54) is 0 Å². The fraction of sp³-hybridized carbons (Fsp3) is 0. The van der Waals surface area contributed by atoms with Gasteiger partial charge in [-0.3, -0.25) is 0 Å². The number of hydrogen-bond donors (Lipinski definition) is 0. The Balaban J connectivity index is 1.47. The van der Waals surface area contributed by atoms with Crippen molar-refractivity contribution in [3.05, 3.63) is 151 Å². The molecule has 9 rings (SSSR count). The lowest BCUT2D eigenvalue weighted by molar-refractivity contribution is 0.669. The maximum absolute atomic E-state index is 9.68. The summed E-state index contributed by atoms with van der Waals surface area (Å²) < 4.78 is 164. The van der Waals surface area contributed by atoms with E-state index >= 15 is 0 Å². The third-order valence-corrected chi connectivity index (χ3v) is 7.25. The fourth-order valence-corrected chi connectivity index (χ4v) is 5.30. The van der Waals surface area contributed by atoms with Gasteiger partial charge in [0.15, 0.2) is 17.5 Å². The second-order valence-electron chi connectivity index (χ2n) is 9.84. The van der Waals surface area contributed by atoms with Gasteiger partial charge in [-0.15, -0.1) is 0 Å². The van der Waals surface area contributed by atoms with Crippen molar-refractivity contribution < 1.29 is 29.1 Å². The molecule has 0 fully saturated rings. The van der Waals surface area contributed by atoms with Gasteiger partial charge >= 0.3 is 0 Å². The summed E-state index contributed by atoms with van der Waals surface area (Å²) in [5.74, 6) is -2.01. The van der Waals surface area contributed by atoms with Gasteiger partial charge in [0.1, 0.15) is 11.2 Å². The minimum Gasteiger partial charge on any atom is -0.456 e. The van der Waals surface area contributed by atoms with Crippen LogP contribution in [0.25, 0.3) is 88.8 Å². The van der Waals surface area contributed by atoms with Crippen LogP contribution in [-0.2, 0) is 0 Å². The molecule has 0 aliphatic rings. The molecule has 0 aliphatic carbocycles. The molecular formula is C41H25N3O. The predicted octanol–water partition coefficient (Wildman–Crippen LogP) is 10.7. The minimum absolute atomic E-state index is 0.0775. The predicted molar refractivity (Wildman–Crippen MR) is 184 cm³/mol. The van der Waals surface area contributed by atoms with Crippen molar-refractivity contribution in [2.75, 3.05) is 0 Å². The molecule has 0 atom stereocenters. The summed E-state index contributed by atoms with van der Waals surface area (Å²) >= 11 is 0. The van der Waals surface area contributed by atoms with E-state index < -0.39 is 142 Å². The lowest BCUT2D eigenvalue weighted by atomic mass is 9.92. The number of furan rings is 1. The molecule has 7 aromatic carbocycles. The molecule has 9 aromatic rings. The van der Waals surface area contributed by atoms with Crippen LogP contribution in [0.1, 0.15) is 24.7 Å². The molecule has 2 heterocycles. The highest BCUT2D eigenvalue weighted by molar-refractivity contribution is 6.23. The highest BCUT2D eigenvalue weighted by Gasteiger charge is 2.18. The molecule has 0 saturated carbocycles. The molecule has 2 aromatic heterocycles. The summed E-state index contributed by atoms with van der Waals surface area (Å²) in [7, 11) is 0. The summed E-state index contributed by atoms with van der Waals surface area (Å²) in [5, 5.41) is 0.694. The van der Waals surface area contributed by atoms with E-state index in [9.17, 15) is 6.85 Å². The summed E-state index contributed by atoms with van der Waals surface area (Å²) in [6.45, 7) is 0. The second-order valence-corrected chi connectivity index (χ2v) is 9.84. The zero-order chi connectivity index (χ0) is 45.4. The first-order valence-electron chi connectivity index (χ1n) is 22.6. The van der Waals surface area contributed by atoms with Gasteiger partial charge in [-0.25, -0.2) is 15.0 Å². The zero-order valence-electron chi connectivity index (χ0n) is 40.8. The Kier molecular flexibility index (Phi) is 3.02. The lowest BCUT2D eigenvalue weighted by Gasteiger charge is -2.11. The van der Waals surface area contributed by atoms with Crippen LogP contribution in [0.3, 0.4) is 0 Å². The van der Waals surface area contributed by atoms with Crippen molar-refractivity contribution in [1.82, 2.24) is 15.0 Å². The summed E-state index contributed by atoms with van der Waals surface area (Å²) in [5.41, 5.74) is -1.95. The summed E-state index contributed by atoms with van der Waals surface area (Å²) in [6.07, 6.45) is 0. The fourth-order valence-electron chi connectivity index (χ4n) is 5.30. The Morgan fingerprint density at radius 3 is 1.80 bits per heavy atom. The SMILES string of the molecule is [2H]c1c([2H])c([2H])c(-c2nc(-c3c([2H])c([2H])c([2H])c([2H])c3[2H])nc(-c3c([2H])c([2H])c4oc5c([2H])c(-c6cccc7ccccc67)c6c([2H])c([2H])c([2H])c([2H])c6c5c4c3[2H])n2)c([2H])c1[2H]. The van der Waals surface area contributed by atoms with Crippen molar-refractivity contribution in [3.8, 4) is 45.3 Å². The second kappa shape index (κ2) is 10.2. The van der Waals surface area contributed by atoms with E-state index in [-0.39, 0.29) is 38.7 Å². The monoisotopic (exact) mass is 593 g/mol. The maximum Gasteiger partial charge on any atom is 0.164 e. The van der Waals surface area contributed by atoms with E-state index in [2.05, 4.69) is 15.0 Å². The van der Waals surface area contributed by atoms with E-state index in [1.54, 1.807) is 24.3 Å². The molecular weight excluding hydrogens is 550 g/mol. The average Bonchev–Trinajstić information content (AvgIpc) is 3.68. The standard InChI is InChI=1S/C41H25N3O/c1-3-13-27(14-4-1)39-42-40(28-15-5-2-6-16-28)44-41(43-39)29-22-23-36-35(24-29)38-33-20-10-9-19-32(33)34(25-37(38)45-36)31-21-11-17-26-12-7-8-18-30(26)31/h1-25H/i1D,2D,3D,4D,5D,6D,9D,10D,13D,14D,15D,16D,19D,20D,22D,23D,24D,25D. The largest absolute Gasteiger partial charge is 0.456 e. The minimum atomic E-state index is -0.787. The number of fused-ring (bicyclic) bond motifs is 6. The number of nitrogens with zero attached hydrogens (tertiary/aromatic N) is 3. The molecule has 0 unspecified atom stereocenters. The van der Waals surface area contributed by atoms with Gasteiger partial charge in [-0.1, -0.05) is 127 Å². The molecule has 0 bridgehead atoms. The number of rotatable bonds is 4. The third kappa shape index (κ3) is 4.27. The first-order valence-corrected chi connectivity index (χ1v) is 13.6. The average molecular weight is 594 g/mol. The van der Waals surface area contributed by atoms with Crippen LogP contribution in [-0.4, -0.2) is 15.0 Å². The Bertz CT molecular complexity index is 3420. The van der Waals surface area contributed by atoms with E-state index in [1.807, 2.05) is 18.2 Å². The Hall–Kier alpha value is -6.13. The molecule has 0 saturated heterocycles. The molecule has 4 heteroatoms. The summed E-state index contributed by atoms with van der Waals surface area (Å²) in [4.78, 5) is 13.0. The van der Waals surface area contributed by atoms with Gasteiger partial charge in [0.05, 0.1) is 24.7 Å². The first-order chi connectivity index (χ1) is 29.8. The van der Waals surface area contributed by atoms with Crippen LogP contribution in [0.15, 0.2) is 156 Å². The molecule has 4 nitrogen and oxygen atoms in total. The van der Waals surface area contributed by atoms with Crippen molar-refractivity contribution in [2.24, 2.45) is 0 Å². The lowest BCUT2D eigenvalue weighted by Crippen LogP contribution is -2.00. The highest BCUT2D eigenvalue weighted by Crippen LogP contribution is 2.42. The molecule has 0 spiro atoms. The Morgan fingerprint density at radius 2 is 1.07 bits per heavy atom. The van der Waals surface area contributed by atoms with Crippen molar-refractivity contribution in [2.45, 2.75) is 0 Å². The van der Waals surface area contributed by atoms with Gasteiger partial charge in [0, 0.05) is 27.5 Å². The zero-order valence-corrected chi connectivity index (χ0v) is 22.8. The topological polar surface area (TPSA) is 51.8 Å². The van der Waals surface area contributed by atoms with Gasteiger partial charge < -0.3 is 4.42 Å². The normalized spacial score (nSPS) is 17.2. The molecule has 0 N–H and O–H groups in total. The Labute approximate surface area is 284 Å². The molecule has 45 heavy (non-hydrogen) atoms. The van der Waals surface area contributed by atoms with E-state index in [0.717, 1.165) is 5.39 Å². The summed E-state index contributed by atoms with van der Waals surface area (Å²) in [6, 6.07) is -0.121. The quantitative estimate of drug-likeness (QED) is 0.204. The van der Waals surface area contributed by atoms with Gasteiger partial charge in [-0.05, 0) is 56.8 Å². The molecule has 0 amide bonds. The maximum atomic E-state index is 9.68. The first kappa shape index (κ1) is 13.2. The number of aromatic nitrogens is 3. The van der Waals surface area contributed by atoms with Gasteiger partial charge in [0.2, 0.25) is 0 Å². The van der Waals surface area contributed by atoms with E-state index in [4.69, 9.17) is 22.2 Å². The van der Waals surface area contributed by atoms with Crippen LogP contribution in [0.2, 0.25) is 0 Å². The van der Waals surface area contributed by atoms with E-state index in [0.29, 0.717) is 10.9 Å². The third-order valence-electron chi connectivity index (χ3n) is 7.25. The number of benzene rings is 7. The van der Waals surface area contributed by atoms with Crippen molar-refractivity contribution in [1.29, 1.82) is 0 Å². The van der Waals surface area contributed by atoms with Crippen LogP contribution in [0.4, 0.5) is 0 Å². The van der Waals surface area contributed by atoms with Gasteiger partial charge in [-0.2, -0.15) is 0 Å². The smallest absolute Gasteiger partial charge is 0.164 e. The molecule has 0 radical (unpaired) electrons. The van der Waals surface area contributed by atoms with Crippen LogP contribution >= 0.6 is 0 Å². The van der Waals surface area contributed by atoms with Crippen molar-refractivity contribution >= 4 is 43.5 Å². The van der Waals surface area contributed by atoms with Crippen LogP contribution in [0, 0.1) is 0 Å². The van der Waals surface area contributed by atoms with Crippen LogP contribution in [0.5, 0.6) is 0 Å². The van der Waals surface area contributed by atoms with Crippen molar-refractivity contribution in [3.63, 3.8) is 0 Å². The molecule has 210 valence electrons.